The van der Waals surface area contributed by atoms with Crippen LogP contribution in [0.3, 0.4) is 0 Å². The molecule has 0 atom stereocenters. The van der Waals surface area contributed by atoms with Crippen LogP contribution in [0.5, 0.6) is 11.5 Å². The van der Waals surface area contributed by atoms with E-state index in [0.717, 1.165) is 57.7 Å². The number of allylic oxidation sites excluding steroid dienone is 4. The highest BCUT2D eigenvalue weighted by atomic mass is 32.2. The number of rotatable bonds is 14. The van der Waals surface area contributed by atoms with Crippen molar-refractivity contribution in [2.24, 2.45) is 9.98 Å². The maximum Gasteiger partial charge on any atom is 0.296 e. The van der Waals surface area contributed by atoms with Gasteiger partial charge in [-0.1, -0.05) is 18.2 Å². The summed E-state index contributed by atoms with van der Waals surface area (Å²) in [5.74, 6) is -0.552. The molecule has 11 N–H and O–H groups in total. The topological polar surface area (TPSA) is 260 Å². The second-order valence-electron chi connectivity index (χ2n) is 14.7. The summed E-state index contributed by atoms with van der Waals surface area (Å²) in [7, 11) is -9.23. The minimum atomic E-state index is -4.63. The van der Waals surface area contributed by atoms with E-state index in [1.165, 1.54) is 12.1 Å². The van der Waals surface area contributed by atoms with Gasteiger partial charge in [-0.05, 0) is 146 Å². The quantitative estimate of drug-likeness (QED) is 0.0211. The van der Waals surface area contributed by atoms with Crippen molar-refractivity contribution in [1.82, 2.24) is 0 Å². The van der Waals surface area contributed by atoms with Crippen molar-refractivity contribution >= 4 is 106 Å². The molecule has 1 aliphatic rings. The Kier molecular flexibility index (Phi) is 12.5. The van der Waals surface area contributed by atoms with Crippen molar-refractivity contribution in [2.75, 3.05) is 32.3 Å². The molecule has 0 unspecified atom stereocenters. The molecular weight excluding hydrogens is 881 g/mol. The number of nitrogens with zero attached hydrogens (tertiary/aromatic N) is 2. The predicted molar refractivity (Wildman–Crippen MR) is 261 cm³/mol. The van der Waals surface area contributed by atoms with Crippen LogP contribution in [-0.2, 0) is 20.2 Å². The first-order valence-electron chi connectivity index (χ1n) is 19.9. The van der Waals surface area contributed by atoms with Gasteiger partial charge in [-0.25, -0.2) is 9.98 Å². The first kappa shape index (κ1) is 44.2. The molecule has 66 heavy (non-hydrogen) atoms. The molecule has 0 radical (unpaired) electrons. The van der Waals surface area contributed by atoms with Gasteiger partial charge in [0, 0.05) is 51.9 Å². The fourth-order valence-electron chi connectivity index (χ4n) is 6.61. The lowest BCUT2D eigenvalue weighted by molar-refractivity contribution is 0.473. The molecule has 0 spiro atoms. The SMILES string of the molecule is Nc1cc(S(=O)(=O)O)c(Nc2ccc(Nc3ccc(N=C4C=CC(=Nc5ccc(Nc6ccc(Nc7cc(S(=O)(=O)O)c(Nc8ccccc8)cc7O)cc6)cc5)C=C4)cc3)cc2)cc1O. The molecule has 0 fully saturated rings. The van der Waals surface area contributed by atoms with Crippen molar-refractivity contribution in [3.8, 4) is 11.5 Å². The highest BCUT2D eigenvalue weighted by molar-refractivity contribution is 7.86. The van der Waals surface area contributed by atoms with Gasteiger partial charge in [-0.2, -0.15) is 16.8 Å². The van der Waals surface area contributed by atoms with Crippen LogP contribution in [0.1, 0.15) is 0 Å². The fourth-order valence-corrected chi connectivity index (χ4v) is 7.93. The summed E-state index contributed by atoms with van der Waals surface area (Å²) >= 11 is 0. The highest BCUT2D eigenvalue weighted by Gasteiger charge is 2.21. The second-order valence-corrected chi connectivity index (χ2v) is 17.5. The standard InChI is InChI=1S/C48H40N8O8S2/c49-41-26-47(65(59,60)61)43(27-45(41)57)56-40-24-20-38(21-25-40)53-36-16-12-34(13-17-36)51-32-8-6-31(7-9-32)50-33-10-14-35(15-11-33)52-37-18-22-39(23-19-37)54-42-29-48(66(62,63)64)44(28-46(42)58)55-30-4-2-1-3-5-30/h1-29,52-58H,49H2,(H,59,60,61)(H,62,63,64). The van der Waals surface area contributed by atoms with E-state index in [4.69, 9.17) is 15.7 Å². The van der Waals surface area contributed by atoms with E-state index in [-0.39, 0.29) is 34.2 Å². The average molecular weight is 921 g/mol. The molecule has 8 rings (SSSR count). The van der Waals surface area contributed by atoms with Crippen LogP contribution in [-0.4, -0.2) is 47.6 Å². The number of nitrogens with one attached hydrogen (secondary N) is 5. The van der Waals surface area contributed by atoms with E-state index in [1.807, 2.05) is 85.0 Å². The zero-order chi connectivity index (χ0) is 46.4. The fraction of sp³-hybridized carbons (Fsp3) is 0. The Labute approximate surface area is 379 Å². The van der Waals surface area contributed by atoms with Crippen molar-refractivity contribution in [2.45, 2.75) is 9.79 Å². The Bertz CT molecular complexity index is 3250. The van der Waals surface area contributed by atoms with Crippen LogP contribution in [0.25, 0.3) is 0 Å². The van der Waals surface area contributed by atoms with E-state index < -0.39 is 30.0 Å². The molecule has 16 nitrogen and oxygen atoms in total. The molecule has 0 heterocycles. The summed E-state index contributed by atoms with van der Waals surface area (Å²) in [6.07, 6.45) is 7.53. The molecule has 0 amide bonds. The van der Waals surface area contributed by atoms with Crippen LogP contribution in [0.15, 0.2) is 196 Å². The van der Waals surface area contributed by atoms with Gasteiger partial charge in [-0.3, -0.25) is 9.11 Å². The van der Waals surface area contributed by atoms with Crippen molar-refractivity contribution in [1.29, 1.82) is 0 Å². The van der Waals surface area contributed by atoms with E-state index in [1.54, 1.807) is 66.7 Å². The lowest BCUT2D eigenvalue weighted by atomic mass is 10.1. The summed E-state index contributed by atoms with van der Waals surface area (Å²) in [6.45, 7) is 0. The minimum Gasteiger partial charge on any atom is -0.506 e. The smallest absolute Gasteiger partial charge is 0.296 e. The molecule has 18 heteroatoms. The number of nitrogens with two attached hydrogens (primary N) is 1. The Hall–Kier alpha value is -8.42. The molecule has 0 saturated carbocycles. The van der Waals surface area contributed by atoms with Gasteiger partial charge in [0.25, 0.3) is 20.2 Å². The van der Waals surface area contributed by atoms with E-state index in [9.17, 15) is 36.2 Å². The van der Waals surface area contributed by atoms with Crippen molar-refractivity contribution < 1.29 is 36.2 Å². The molecule has 0 saturated heterocycles. The van der Waals surface area contributed by atoms with Gasteiger partial charge in [0.1, 0.15) is 21.3 Å². The van der Waals surface area contributed by atoms with Crippen molar-refractivity contribution in [3.63, 3.8) is 0 Å². The predicted octanol–water partition coefficient (Wildman–Crippen LogP) is 10.9. The Morgan fingerprint density at radius 3 is 1.14 bits per heavy atom. The summed E-state index contributed by atoms with van der Waals surface area (Å²) in [5.41, 5.74) is 13.3. The lowest BCUT2D eigenvalue weighted by Crippen LogP contribution is -2.05. The van der Waals surface area contributed by atoms with Crippen LogP contribution in [0, 0.1) is 0 Å². The molecule has 0 bridgehead atoms. The number of para-hydroxylation sites is 1. The van der Waals surface area contributed by atoms with Gasteiger partial charge >= 0.3 is 0 Å². The van der Waals surface area contributed by atoms with Crippen LogP contribution < -0.4 is 32.3 Å². The molecule has 0 aromatic heterocycles. The van der Waals surface area contributed by atoms with Crippen LogP contribution in [0.2, 0.25) is 0 Å². The number of phenols is 2. The Morgan fingerprint density at radius 1 is 0.394 bits per heavy atom. The Morgan fingerprint density at radius 2 is 0.727 bits per heavy atom. The zero-order valence-electron chi connectivity index (χ0n) is 34.5. The number of hydrogen-bond acceptors (Lipinski definition) is 14. The number of aromatic hydroxyl groups is 2. The molecule has 0 aliphatic heterocycles. The van der Waals surface area contributed by atoms with Crippen molar-refractivity contribution in [3.05, 3.63) is 176 Å². The number of aliphatic imine (C=N–C) groups is 2. The van der Waals surface area contributed by atoms with Gasteiger partial charge in [-0.15, -0.1) is 0 Å². The molecule has 1 aliphatic carbocycles. The molecule has 7 aromatic rings. The number of benzene rings is 7. The number of hydrogen-bond donors (Lipinski definition) is 10. The highest BCUT2D eigenvalue weighted by Crippen LogP contribution is 2.37. The lowest BCUT2D eigenvalue weighted by Gasteiger charge is -2.15. The minimum absolute atomic E-state index is 0.0222. The molecular formula is C48H40N8O8S2. The van der Waals surface area contributed by atoms with Gasteiger partial charge in [0.2, 0.25) is 0 Å². The van der Waals surface area contributed by atoms with Gasteiger partial charge in [0.15, 0.2) is 0 Å². The maximum absolute atomic E-state index is 12.2. The monoisotopic (exact) mass is 920 g/mol. The van der Waals surface area contributed by atoms with E-state index in [0.29, 0.717) is 17.1 Å². The first-order chi connectivity index (χ1) is 31.6. The summed E-state index contributed by atoms with van der Waals surface area (Å²) in [6, 6.07) is 42.5. The summed E-state index contributed by atoms with van der Waals surface area (Å²) < 4.78 is 67.7. The number of phenolic OH excluding ortho intramolecular Hbond substituents is 2. The first-order valence-corrected chi connectivity index (χ1v) is 22.8. The van der Waals surface area contributed by atoms with E-state index >= 15 is 0 Å². The van der Waals surface area contributed by atoms with Gasteiger partial charge < -0.3 is 42.5 Å². The molecule has 332 valence electrons. The molecule has 7 aromatic carbocycles. The number of anilines is 11. The zero-order valence-corrected chi connectivity index (χ0v) is 36.1. The average Bonchev–Trinajstić information content (AvgIpc) is 3.28. The Balaban J connectivity index is 0.830. The van der Waals surface area contributed by atoms with E-state index in [2.05, 4.69) is 26.6 Å². The normalized spacial score (nSPS) is 12.3. The second kappa shape index (κ2) is 18.7. The summed E-state index contributed by atoms with van der Waals surface area (Å²) in [5, 5.41) is 36.1. The largest absolute Gasteiger partial charge is 0.506 e. The van der Waals surface area contributed by atoms with Crippen LogP contribution >= 0.6 is 0 Å². The summed E-state index contributed by atoms with van der Waals surface area (Å²) in [4.78, 5) is 8.58. The third-order valence-corrected chi connectivity index (χ3v) is 11.6. The van der Waals surface area contributed by atoms with Gasteiger partial charge in [0.05, 0.1) is 45.5 Å². The van der Waals surface area contributed by atoms with Crippen LogP contribution in [0.4, 0.5) is 73.9 Å². The number of nitrogen functional groups attached to an aromatic ring is 1. The third-order valence-electron chi connectivity index (χ3n) is 9.84. The maximum atomic E-state index is 12.2. The third kappa shape index (κ3) is 11.2.